The summed E-state index contributed by atoms with van der Waals surface area (Å²) in [6, 6.07) is 8.87. The maximum atomic E-state index is 13.2. The molecule has 8 nitrogen and oxygen atoms in total. The van der Waals surface area contributed by atoms with Crippen molar-refractivity contribution in [2.75, 3.05) is 18.6 Å². The topological polar surface area (TPSA) is 73.9 Å². The molecule has 0 N–H and O–H groups in total. The zero-order valence-electron chi connectivity index (χ0n) is 21.5. The van der Waals surface area contributed by atoms with Gasteiger partial charge in [0, 0.05) is 35.4 Å². The average molecular weight is 558 g/mol. The molecule has 4 aromatic rings. The number of aryl methyl sites for hydroxylation is 2. The van der Waals surface area contributed by atoms with Gasteiger partial charge in [-0.3, -0.25) is 0 Å². The van der Waals surface area contributed by atoms with Gasteiger partial charge in [-0.05, 0) is 62.4 Å². The Morgan fingerprint density at radius 3 is 2.62 bits per heavy atom. The number of hydrogen-bond acceptors (Lipinski definition) is 6. The fraction of sp³-hybridized carbons (Fsp3) is 0.407. The number of pyridine rings is 1. The van der Waals surface area contributed by atoms with Crippen LogP contribution in [0.5, 0.6) is 5.88 Å². The van der Waals surface area contributed by atoms with Crippen LogP contribution in [0.15, 0.2) is 42.9 Å². The first-order chi connectivity index (χ1) is 18.7. The molecule has 0 unspecified atom stereocenters. The molecular weight excluding hydrogens is 531 g/mol. The van der Waals surface area contributed by atoms with Crippen molar-refractivity contribution in [1.29, 1.82) is 0 Å². The van der Waals surface area contributed by atoms with Gasteiger partial charge in [0.05, 0.1) is 19.1 Å². The summed E-state index contributed by atoms with van der Waals surface area (Å²) in [4.78, 5) is 15.2. The quantitative estimate of drug-likeness (QED) is 0.279. The fourth-order valence-electron chi connectivity index (χ4n) is 5.20. The van der Waals surface area contributed by atoms with Crippen molar-refractivity contribution in [3.05, 3.63) is 65.0 Å². The number of aromatic nitrogens is 6. The molecule has 4 heterocycles. The number of halogens is 4. The Kier molecular flexibility index (Phi) is 6.49. The molecule has 1 saturated carbocycles. The number of anilines is 1. The summed E-state index contributed by atoms with van der Waals surface area (Å²) in [6.45, 7) is 1.63. The van der Waals surface area contributed by atoms with E-state index >= 15 is 0 Å². The van der Waals surface area contributed by atoms with E-state index in [1.165, 1.54) is 4.90 Å². The van der Waals surface area contributed by atoms with Crippen LogP contribution in [-0.4, -0.2) is 55.2 Å². The highest BCUT2D eigenvalue weighted by Gasteiger charge is 2.38. The molecule has 1 fully saturated rings. The third-order valence-electron chi connectivity index (χ3n) is 7.16. The van der Waals surface area contributed by atoms with Gasteiger partial charge in [-0.1, -0.05) is 17.7 Å². The number of alkyl halides is 3. The normalized spacial score (nSPS) is 17.2. The van der Waals surface area contributed by atoms with Gasteiger partial charge in [0.15, 0.2) is 5.82 Å². The van der Waals surface area contributed by atoms with E-state index in [0.717, 1.165) is 48.5 Å². The molecule has 204 valence electrons. The van der Waals surface area contributed by atoms with Crippen LogP contribution in [0.4, 0.5) is 18.9 Å². The number of benzene rings is 1. The van der Waals surface area contributed by atoms with Crippen LogP contribution in [0.25, 0.3) is 17.2 Å². The first-order valence-electron chi connectivity index (χ1n) is 12.8. The summed E-state index contributed by atoms with van der Waals surface area (Å²) in [5.74, 6) is 1.53. The van der Waals surface area contributed by atoms with Crippen LogP contribution in [0.3, 0.4) is 0 Å². The first-order valence-corrected chi connectivity index (χ1v) is 13.2. The molecule has 2 aliphatic rings. The standard InChI is InChI=1S/C27H27ClF3N7O/c1-16-13-36(15-32-16)23-10-9-22(33-26(23)39-2)24-34-25-20(4-3-11-38(25)35-24)19-8-7-18(12-21(19)28)37(17-5-6-17)14-27(29,30)31/h7-10,12-13,15,17,20H,3-6,11,14H2,1-2H3/t20-/m1/s1. The molecule has 0 bridgehead atoms. The number of rotatable bonds is 7. The largest absolute Gasteiger partial charge is 0.479 e. The SMILES string of the molecule is COc1nc(-c2nc3n(n2)CCC[C@@H]3c2ccc(N(CC(F)(F)F)C3CC3)cc2Cl)ccc1-n1cnc(C)c1. The number of fused-ring (bicyclic) bond motifs is 1. The molecule has 3 aromatic heterocycles. The zero-order valence-corrected chi connectivity index (χ0v) is 22.2. The highest BCUT2D eigenvalue weighted by Crippen LogP contribution is 2.41. The first kappa shape index (κ1) is 25.7. The highest BCUT2D eigenvalue weighted by molar-refractivity contribution is 6.31. The second-order valence-corrected chi connectivity index (χ2v) is 10.4. The molecule has 0 amide bonds. The van der Waals surface area contributed by atoms with E-state index in [-0.39, 0.29) is 12.0 Å². The van der Waals surface area contributed by atoms with Gasteiger partial charge in [0.1, 0.15) is 23.8 Å². The summed E-state index contributed by atoms with van der Waals surface area (Å²) >= 11 is 6.71. The number of methoxy groups -OCH3 is 1. The van der Waals surface area contributed by atoms with Crippen molar-refractivity contribution >= 4 is 17.3 Å². The van der Waals surface area contributed by atoms with Crippen molar-refractivity contribution in [1.82, 2.24) is 29.3 Å². The maximum Gasteiger partial charge on any atom is 0.405 e. The molecule has 12 heteroatoms. The number of nitrogens with zero attached hydrogens (tertiary/aromatic N) is 7. The van der Waals surface area contributed by atoms with Gasteiger partial charge >= 0.3 is 6.18 Å². The van der Waals surface area contributed by atoms with E-state index < -0.39 is 12.7 Å². The van der Waals surface area contributed by atoms with Crippen LogP contribution in [0.1, 0.15) is 48.7 Å². The van der Waals surface area contributed by atoms with Crippen LogP contribution >= 0.6 is 11.6 Å². The van der Waals surface area contributed by atoms with E-state index in [9.17, 15) is 13.2 Å². The Labute approximate surface area is 228 Å². The van der Waals surface area contributed by atoms with Gasteiger partial charge in [-0.25, -0.2) is 19.6 Å². The van der Waals surface area contributed by atoms with Crippen LogP contribution in [0.2, 0.25) is 5.02 Å². The maximum absolute atomic E-state index is 13.2. The second-order valence-electron chi connectivity index (χ2n) is 10.0. The Bertz CT molecular complexity index is 1510. The van der Waals surface area contributed by atoms with Crippen molar-refractivity contribution < 1.29 is 17.9 Å². The molecular formula is C27H27ClF3N7O. The van der Waals surface area contributed by atoms with Crippen molar-refractivity contribution in [2.45, 2.75) is 57.3 Å². The Hall–Kier alpha value is -3.60. The summed E-state index contributed by atoms with van der Waals surface area (Å²) in [7, 11) is 1.56. The molecule has 6 rings (SSSR count). The molecule has 0 spiro atoms. The average Bonchev–Trinajstić information content (AvgIpc) is 3.50. The predicted molar refractivity (Wildman–Crippen MR) is 141 cm³/mol. The fourth-order valence-corrected chi connectivity index (χ4v) is 5.51. The minimum absolute atomic E-state index is 0.0949. The van der Waals surface area contributed by atoms with Gasteiger partial charge in [-0.2, -0.15) is 13.2 Å². The van der Waals surface area contributed by atoms with Crippen molar-refractivity contribution in [2.24, 2.45) is 0 Å². The third-order valence-corrected chi connectivity index (χ3v) is 7.48. The lowest BCUT2D eigenvalue weighted by Crippen LogP contribution is -2.36. The van der Waals surface area contributed by atoms with Gasteiger partial charge in [0.25, 0.3) is 0 Å². The van der Waals surface area contributed by atoms with E-state index in [2.05, 4.69) is 9.97 Å². The Morgan fingerprint density at radius 2 is 1.95 bits per heavy atom. The molecule has 0 radical (unpaired) electrons. The predicted octanol–water partition coefficient (Wildman–Crippen LogP) is 5.95. The lowest BCUT2D eigenvalue weighted by molar-refractivity contribution is -0.120. The molecule has 1 aliphatic heterocycles. The monoisotopic (exact) mass is 557 g/mol. The van der Waals surface area contributed by atoms with E-state index in [1.54, 1.807) is 25.6 Å². The van der Waals surface area contributed by atoms with E-state index in [0.29, 0.717) is 34.7 Å². The highest BCUT2D eigenvalue weighted by atomic mass is 35.5. The third kappa shape index (κ3) is 5.19. The molecule has 0 saturated heterocycles. The summed E-state index contributed by atoms with van der Waals surface area (Å²) < 4.78 is 48.9. The van der Waals surface area contributed by atoms with Crippen molar-refractivity contribution in [3.8, 4) is 23.1 Å². The smallest absolute Gasteiger partial charge is 0.405 e. The molecule has 1 aromatic carbocycles. The lowest BCUT2D eigenvalue weighted by atomic mass is 9.91. The minimum atomic E-state index is -4.28. The van der Waals surface area contributed by atoms with Crippen LogP contribution in [0, 0.1) is 6.92 Å². The van der Waals surface area contributed by atoms with Gasteiger partial charge < -0.3 is 14.2 Å². The Balaban J connectivity index is 1.30. The summed E-state index contributed by atoms with van der Waals surface area (Å²) in [6.07, 6.45) is 2.50. The van der Waals surface area contributed by atoms with Crippen LogP contribution in [-0.2, 0) is 6.54 Å². The minimum Gasteiger partial charge on any atom is -0.479 e. The summed E-state index contributed by atoms with van der Waals surface area (Å²) in [5.41, 5.74) is 3.52. The number of ether oxygens (including phenoxy) is 1. The van der Waals surface area contributed by atoms with Crippen LogP contribution < -0.4 is 9.64 Å². The lowest BCUT2D eigenvalue weighted by Gasteiger charge is -2.28. The summed E-state index contributed by atoms with van der Waals surface area (Å²) in [5, 5.41) is 5.15. The number of hydrogen-bond donors (Lipinski definition) is 0. The molecule has 1 atom stereocenters. The Morgan fingerprint density at radius 1 is 1.13 bits per heavy atom. The van der Waals surface area contributed by atoms with Gasteiger partial charge in [-0.15, -0.1) is 5.10 Å². The second kappa shape index (κ2) is 9.86. The number of imidazole rings is 1. The zero-order chi connectivity index (χ0) is 27.3. The van der Waals surface area contributed by atoms with Gasteiger partial charge in [0.2, 0.25) is 5.88 Å². The molecule has 1 aliphatic carbocycles. The van der Waals surface area contributed by atoms with E-state index in [4.69, 9.17) is 26.4 Å². The van der Waals surface area contributed by atoms with E-state index in [1.807, 2.05) is 40.6 Å². The molecule has 39 heavy (non-hydrogen) atoms. The van der Waals surface area contributed by atoms with Crippen molar-refractivity contribution in [3.63, 3.8) is 0 Å².